The summed E-state index contributed by atoms with van der Waals surface area (Å²) in [5, 5.41) is 0. The van der Waals surface area contributed by atoms with Crippen molar-refractivity contribution in [2.45, 2.75) is 25.8 Å². The smallest absolute Gasteiger partial charge is 0.337 e. The zero-order valence-electron chi connectivity index (χ0n) is 18.5. The topological polar surface area (TPSA) is 62.7 Å². The van der Waals surface area contributed by atoms with Crippen LogP contribution in [-0.2, 0) is 11.3 Å². The van der Waals surface area contributed by atoms with Crippen molar-refractivity contribution >= 4 is 17.7 Å². The first-order chi connectivity index (χ1) is 16.1. The Morgan fingerprint density at radius 1 is 0.970 bits per heavy atom. The highest BCUT2D eigenvalue weighted by molar-refractivity contribution is 5.92. The second-order valence-electron chi connectivity index (χ2n) is 8.00. The standard InChI is InChI=1S/C26H26FN3O3/c1-33-25(31)21-5-6-22(24(27)17-21)18-30(26(32)29-15-3-2-4-16-29)23-9-7-19(8-10-23)20-11-13-28-14-12-20/h5-14,17H,2-4,15-16,18H2,1H3. The number of methoxy groups -OCH3 is 1. The van der Waals surface area contributed by atoms with Crippen LogP contribution in [0.3, 0.4) is 0 Å². The predicted octanol–water partition coefficient (Wildman–Crippen LogP) is 5.29. The Hall–Kier alpha value is -3.74. The SMILES string of the molecule is COC(=O)c1ccc(CN(C(=O)N2CCCCC2)c2ccc(-c3ccncc3)cc2)c(F)c1. The van der Waals surface area contributed by atoms with Crippen LogP contribution in [0.15, 0.2) is 67.0 Å². The lowest BCUT2D eigenvalue weighted by atomic mass is 10.1. The van der Waals surface area contributed by atoms with Gasteiger partial charge in [-0.2, -0.15) is 0 Å². The van der Waals surface area contributed by atoms with Crippen molar-refractivity contribution in [2.24, 2.45) is 0 Å². The second-order valence-corrected chi connectivity index (χ2v) is 8.00. The van der Waals surface area contributed by atoms with Gasteiger partial charge in [-0.15, -0.1) is 0 Å². The number of esters is 1. The van der Waals surface area contributed by atoms with Crippen LogP contribution < -0.4 is 4.90 Å². The fourth-order valence-corrected chi connectivity index (χ4v) is 3.99. The largest absolute Gasteiger partial charge is 0.465 e. The van der Waals surface area contributed by atoms with Crippen molar-refractivity contribution in [3.8, 4) is 11.1 Å². The van der Waals surface area contributed by atoms with Crippen molar-refractivity contribution in [2.75, 3.05) is 25.1 Å². The molecule has 0 atom stereocenters. The predicted molar refractivity (Wildman–Crippen MR) is 124 cm³/mol. The van der Waals surface area contributed by atoms with Gasteiger partial charge in [0.2, 0.25) is 0 Å². The normalized spacial score (nSPS) is 13.5. The van der Waals surface area contributed by atoms with Gasteiger partial charge in [-0.1, -0.05) is 18.2 Å². The number of benzene rings is 2. The minimum Gasteiger partial charge on any atom is -0.465 e. The molecule has 0 N–H and O–H groups in total. The molecule has 1 fully saturated rings. The van der Waals surface area contributed by atoms with E-state index in [1.807, 2.05) is 41.3 Å². The molecule has 170 valence electrons. The maximum Gasteiger partial charge on any atom is 0.337 e. The molecule has 3 aromatic rings. The molecule has 7 heteroatoms. The van der Waals surface area contributed by atoms with E-state index in [9.17, 15) is 14.0 Å². The number of carbonyl (C=O) groups excluding carboxylic acids is 2. The van der Waals surface area contributed by atoms with Crippen molar-refractivity contribution < 1.29 is 18.7 Å². The van der Waals surface area contributed by atoms with Crippen LogP contribution in [0.25, 0.3) is 11.1 Å². The number of hydrogen-bond donors (Lipinski definition) is 0. The van der Waals surface area contributed by atoms with E-state index in [0.29, 0.717) is 24.3 Å². The Morgan fingerprint density at radius 3 is 2.27 bits per heavy atom. The zero-order chi connectivity index (χ0) is 23.2. The van der Waals surface area contributed by atoms with Crippen molar-refractivity contribution in [1.82, 2.24) is 9.88 Å². The third kappa shape index (κ3) is 5.19. The van der Waals surface area contributed by atoms with E-state index in [0.717, 1.165) is 36.5 Å². The maximum atomic E-state index is 14.8. The number of likely N-dealkylation sites (tertiary alicyclic amines) is 1. The number of amides is 2. The number of halogens is 1. The van der Waals surface area contributed by atoms with Crippen LogP contribution in [0.1, 0.15) is 35.2 Å². The molecule has 1 saturated heterocycles. The van der Waals surface area contributed by atoms with E-state index in [4.69, 9.17) is 0 Å². The number of aromatic nitrogens is 1. The first-order valence-corrected chi connectivity index (χ1v) is 11.0. The number of rotatable bonds is 5. The lowest BCUT2D eigenvalue weighted by Gasteiger charge is -2.33. The molecule has 0 radical (unpaired) electrons. The summed E-state index contributed by atoms with van der Waals surface area (Å²) >= 11 is 0. The van der Waals surface area contributed by atoms with Gasteiger partial charge in [0.15, 0.2) is 0 Å². The monoisotopic (exact) mass is 447 g/mol. The zero-order valence-corrected chi connectivity index (χ0v) is 18.5. The van der Waals surface area contributed by atoms with E-state index in [-0.39, 0.29) is 18.1 Å². The summed E-state index contributed by atoms with van der Waals surface area (Å²) in [7, 11) is 1.25. The molecule has 2 aromatic carbocycles. The highest BCUT2D eigenvalue weighted by atomic mass is 19.1. The molecule has 1 aliphatic rings. The van der Waals surface area contributed by atoms with Crippen molar-refractivity contribution in [3.63, 3.8) is 0 Å². The van der Waals surface area contributed by atoms with Gasteiger partial charge in [-0.3, -0.25) is 9.88 Å². The Morgan fingerprint density at radius 2 is 1.64 bits per heavy atom. The summed E-state index contributed by atoms with van der Waals surface area (Å²) in [6, 6.07) is 15.5. The van der Waals surface area contributed by atoms with E-state index in [2.05, 4.69) is 9.72 Å². The van der Waals surface area contributed by atoms with Crippen LogP contribution in [0.2, 0.25) is 0 Å². The fraction of sp³-hybridized carbons (Fsp3) is 0.269. The summed E-state index contributed by atoms with van der Waals surface area (Å²) in [5.74, 6) is -1.16. The molecular weight excluding hydrogens is 421 g/mol. The molecule has 33 heavy (non-hydrogen) atoms. The summed E-state index contributed by atoms with van der Waals surface area (Å²) in [4.78, 5) is 32.6. The minimum atomic E-state index is -0.603. The molecule has 0 aliphatic carbocycles. The van der Waals surface area contributed by atoms with Gasteiger partial charge in [0.05, 0.1) is 19.2 Å². The van der Waals surface area contributed by atoms with Gasteiger partial charge in [-0.25, -0.2) is 14.0 Å². The highest BCUT2D eigenvalue weighted by Crippen LogP contribution is 2.26. The Kier molecular flexibility index (Phi) is 6.98. The molecule has 2 amide bonds. The number of anilines is 1. The molecule has 1 aromatic heterocycles. The number of pyridine rings is 1. The minimum absolute atomic E-state index is 0.0528. The first-order valence-electron chi connectivity index (χ1n) is 11.0. The quantitative estimate of drug-likeness (QED) is 0.499. The number of hydrogen-bond acceptors (Lipinski definition) is 4. The molecule has 0 saturated carbocycles. The van der Waals surface area contributed by atoms with Crippen LogP contribution in [0.5, 0.6) is 0 Å². The van der Waals surface area contributed by atoms with E-state index in [1.165, 1.54) is 19.2 Å². The van der Waals surface area contributed by atoms with Gasteiger partial charge in [-0.05, 0) is 66.8 Å². The fourth-order valence-electron chi connectivity index (χ4n) is 3.99. The van der Waals surface area contributed by atoms with E-state index < -0.39 is 11.8 Å². The third-order valence-electron chi connectivity index (χ3n) is 5.85. The molecule has 4 rings (SSSR count). The molecule has 0 bridgehead atoms. The Balaban J connectivity index is 1.64. The third-order valence-corrected chi connectivity index (χ3v) is 5.85. The first kappa shape index (κ1) is 22.5. The molecule has 0 unspecified atom stereocenters. The van der Waals surface area contributed by atoms with Gasteiger partial charge in [0, 0.05) is 36.7 Å². The summed E-state index contributed by atoms with van der Waals surface area (Å²) < 4.78 is 19.5. The van der Waals surface area contributed by atoms with Crippen molar-refractivity contribution in [1.29, 1.82) is 0 Å². The van der Waals surface area contributed by atoms with Crippen LogP contribution in [0.4, 0.5) is 14.9 Å². The highest BCUT2D eigenvalue weighted by Gasteiger charge is 2.25. The molecule has 1 aliphatic heterocycles. The average molecular weight is 448 g/mol. The Bertz CT molecular complexity index is 1110. The Labute approximate surface area is 192 Å². The second kappa shape index (κ2) is 10.3. The van der Waals surface area contributed by atoms with Gasteiger partial charge >= 0.3 is 12.0 Å². The molecule has 2 heterocycles. The van der Waals surface area contributed by atoms with Crippen LogP contribution >= 0.6 is 0 Å². The molecule has 0 spiro atoms. The maximum absolute atomic E-state index is 14.8. The number of carbonyl (C=O) groups is 2. The number of piperidine rings is 1. The number of ether oxygens (including phenoxy) is 1. The summed E-state index contributed by atoms with van der Waals surface area (Å²) in [6.45, 7) is 1.43. The molecular formula is C26H26FN3O3. The van der Waals surface area contributed by atoms with Crippen LogP contribution in [-0.4, -0.2) is 42.1 Å². The summed E-state index contributed by atoms with van der Waals surface area (Å²) in [6.07, 6.45) is 6.49. The average Bonchev–Trinajstić information content (AvgIpc) is 2.88. The number of nitrogens with zero attached hydrogens (tertiary/aromatic N) is 3. The lowest BCUT2D eigenvalue weighted by Crippen LogP contribution is -2.45. The molecule has 6 nitrogen and oxygen atoms in total. The summed E-state index contributed by atoms with van der Waals surface area (Å²) in [5.41, 5.74) is 3.16. The van der Waals surface area contributed by atoms with Gasteiger partial charge in [0.1, 0.15) is 5.82 Å². The lowest BCUT2D eigenvalue weighted by molar-refractivity contribution is 0.0600. The van der Waals surface area contributed by atoms with E-state index in [1.54, 1.807) is 17.3 Å². The van der Waals surface area contributed by atoms with E-state index >= 15 is 0 Å². The van der Waals surface area contributed by atoms with Crippen LogP contribution in [0, 0.1) is 5.82 Å². The van der Waals surface area contributed by atoms with Crippen molar-refractivity contribution in [3.05, 3.63) is 83.9 Å². The van der Waals surface area contributed by atoms with Gasteiger partial charge < -0.3 is 9.64 Å². The van der Waals surface area contributed by atoms with Gasteiger partial charge in [0.25, 0.3) is 0 Å². The number of urea groups is 1.